The Balaban J connectivity index is 0.958. The third-order valence-corrected chi connectivity index (χ3v) is 15.8. The number of para-hydroxylation sites is 5. The van der Waals surface area contributed by atoms with Crippen LogP contribution in [0, 0.1) is 0 Å². The van der Waals surface area contributed by atoms with Crippen molar-refractivity contribution < 1.29 is 4.74 Å². The predicted molar refractivity (Wildman–Crippen MR) is 308 cm³/mol. The van der Waals surface area contributed by atoms with Crippen molar-refractivity contribution in [2.24, 2.45) is 0 Å². The van der Waals surface area contributed by atoms with Gasteiger partial charge in [0.25, 0.3) is 0 Å². The molecule has 1 spiro atoms. The number of ether oxygens (including phenoxy) is 1. The van der Waals surface area contributed by atoms with E-state index in [1.807, 2.05) is 36.4 Å². The van der Waals surface area contributed by atoms with E-state index < -0.39 is 5.41 Å². The third kappa shape index (κ3) is 6.06. The fraction of sp³-hybridized carbons (Fsp3) is 0.0143. The van der Waals surface area contributed by atoms with Crippen LogP contribution < -0.4 is 4.74 Å². The van der Waals surface area contributed by atoms with Gasteiger partial charge in [-0.15, -0.1) is 0 Å². The summed E-state index contributed by atoms with van der Waals surface area (Å²) in [6, 6.07) is 93.3. The standard InChI is InChI=1S/C70H43N5O/c1-5-20-44(21-6-1)67-71-68(45-22-7-2-8-23-45)73-69(72-67)53-29-19-32-57-64(53)51-38-36-47(43-58(51)70(57)55-30-14-17-34-62(55)76-63-35-18-15-31-56(63)70)46-37-40-60-54(42-46)50-39-41-61-65(66(50)75(60)49-26-11-4-12-27-49)52-28-13-16-33-59(52)74(61)48-24-9-3-10-25-48/h1-43H. The third-order valence-electron chi connectivity index (χ3n) is 15.8. The van der Waals surface area contributed by atoms with Crippen molar-refractivity contribution in [1.82, 2.24) is 24.1 Å². The number of hydrogen-bond acceptors (Lipinski definition) is 4. The Kier molecular flexibility index (Phi) is 9.15. The van der Waals surface area contributed by atoms with Gasteiger partial charge in [-0.3, -0.25) is 0 Å². The van der Waals surface area contributed by atoms with Gasteiger partial charge in [-0.1, -0.05) is 194 Å². The van der Waals surface area contributed by atoms with E-state index in [0.717, 1.165) is 84.0 Å². The predicted octanol–water partition coefficient (Wildman–Crippen LogP) is 17.2. The molecule has 14 aromatic rings. The monoisotopic (exact) mass is 969 g/mol. The number of hydrogen-bond donors (Lipinski definition) is 0. The van der Waals surface area contributed by atoms with E-state index in [-0.39, 0.29) is 0 Å². The van der Waals surface area contributed by atoms with Gasteiger partial charge in [0.15, 0.2) is 17.5 Å². The van der Waals surface area contributed by atoms with E-state index in [1.165, 1.54) is 43.7 Å². The SMILES string of the molecule is c1ccc(-c2nc(-c3ccccc3)nc(-c3cccc4c3-c3ccc(-c5ccc6c(c5)c5ccc7c(c8ccccc8n7-c7ccccc7)c5n6-c5ccccc5)cc3C43c4ccccc4Oc4ccccc43)n2)cc1. The molecule has 11 aromatic carbocycles. The highest BCUT2D eigenvalue weighted by atomic mass is 16.5. The van der Waals surface area contributed by atoms with Crippen LogP contribution in [0.5, 0.6) is 11.5 Å². The maximum Gasteiger partial charge on any atom is 0.164 e. The Morgan fingerprint density at radius 1 is 0.316 bits per heavy atom. The molecule has 0 saturated heterocycles. The summed E-state index contributed by atoms with van der Waals surface area (Å²) in [6.07, 6.45) is 0. The molecule has 0 amide bonds. The second kappa shape index (κ2) is 16.4. The summed E-state index contributed by atoms with van der Waals surface area (Å²) in [7, 11) is 0. The number of fused-ring (bicyclic) bond motifs is 16. The minimum absolute atomic E-state index is 0.617. The highest BCUT2D eigenvalue weighted by Gasteiger charge is 2.52. The van der Waals surface area contributed by atoms with Crippen LogP contribution in [0.2, 0.25) is 0 Å². The van der Waals surface area contributed by atoms with Gasteiger partial charge >= 0.3 is 0 Å². The largest absolute Gasteiger partial charge is 0.457 e. The van der Waals surface area contributed by atoms with Crippen molar-refractivity contribution in [3.05, 3.63) is 283 Å². The molecule has 0 fully saturated rings. The fourth-order valence-corrected chi connectivity index (χ4v) is 12.7. The zero-order valence-electron chi connectivity index (χ0n) is 41.0. The maximum atomic E-state index is 6.83. The first-order valence-electron chi connectivity index (χ1n) is 25.8. The molecule has 354 valence electrons. The minimum Gasteiger partial charge on any atom is -0.457 e. The fourth-order valence-electron chi connectivity index (χ4n) is 12.7. The van der Waals surface area contributed by atoms with Crippen LogP contribution in [-0.4, -0.2) is 24.1 Å². The Labute approximate surface area is 438 Å². The smallest absolute Gasteiger partial charge is 0.164 e. The van der Waals surface area contributed by atoms with E-state index in [4.69, 9.17) is 19.7 Å². The first-order chi connectivity index (χ1) is 37.7. The van der Waals surface area contributed by atoms with E-state index in [0.29, 0.717) is 17.5 Å². The van der Waals surface area contributed by atoms with Crippen LogP contribution in [0.4, 0.5) is 0 Å². The highest BCUT2D eigenvalue weighted by molar-refractivity contribution is 6.26. The molecule has 0 radical (unpaired) electrons. The van der Waals surface area contributed by atoms with E-state index >= 15 is 0 Å². The van der Waals surface area contributed by atoms with Crippen LogP contribution in [0.1, 0.15) is 22.3 Å². The Bertz CT molecular complexity index is 4550. The molecule has 1 aliphatic heterocycles. The van der Waals surface area contributed by atoms with Crippen LogP contribution in [0.15, 0.2) is 261 Å². The van der Waals surface area contributed by atoms with Crippen molar-refractivity contribution >= 4 is 43.6 Å². The van der Waals surface area contributed by atoms with Crippen molar-refractivity contribution in [2.75, 3.05) is 0 Å². The molecular formula is C70H43N5O. The molecule has 6 heteroatoms. The molecule has 0 unspecified atom stereocenters. The molecule has 0 N–H and O–H groups in total. The normalized spacial score (nSPS) is 12.9. The maximum absolute atomic E-state index is 6.83. The number of rotatable bonds is 6. The topological polar surface area (TPSA) is 57.8 Å². The van der Waals surface area contributed by atoms with Gasteiger partial charge in [0.2, 0.25) is 0 Å². The first kappa shape index (κ1) is 42.3. The van der Waals surface area contributed by atoms with Gasteiger partial charge in [-0.05, 0) is 100 Å². The summed E-state index contributed by atoms with van der Waals surface area (Å²) in [5, 5.41) is 4.84. The quantitative estimate of drug-likeness (QED) is 0.167. The molecule has 2 aliphatic rings. The molecule has 0 bridgehead atoms. The summed E-state index contributed by atoms with van der Waals surface area (Å²) in [5.41, 5.74) is 18.0. The summed E-state index contributed by atoms with van der Waals surface area (Å²) < 4.78 is 11.7. The summed E-state index contributed by atoms with van der Waals surface area (Å²) in [5.74, 6) is 3.54. The molecular weight excluding hydrogens is 927 g/mol. The number of aromatic nitrogens is 5. The van der Waals surface area contributed by atoms with Gasteiger partial charge < -0.3 is 13.9 Å². The highest BCUT2D eigenvalue weighted by Crippen LogP contribution is 2.64. The van der Waals surface area contributed by atoms with E-state index in [9.17, 15) is 0 Å². The molecule has 76 heavy (non-hydrogen) atoms. The molecule has 4 heterocycles. The van der Waals surface area contributed by atoms with E-state index in [2.05, 4.69) is 234 Å². The van der Waals surface area contributed by atoms with Crippen molar-refractivity contribution in [1.29, 1.82) is 0 Å². The van der Waals surface area contributed by atoms with Gasteiger partial charge in [-0.25, -0.2) is 15.0 Å². The average Bonchev–Trinajstić information content (AvgIpc) is 4.26. The van der Waals surface area contributed by atoms with Crippen LogP contribution in [-0.2, 0) is 5.41 Å². The molecule has 1 aliphatic carbocycles. The van der Waals surface area contributed by atoms with Crippen LogP contribution >= 0.6 is 0 Å². The minimum atomic E-state index is -0.744. The van der Waals surface area contributed by atoms with Crippen molar-refractivity contribution in [3.63, 3.8) is 0 Å². The summed E-state index contributed by atoms with van der Waals surface area (Å²) in [4.78, 5) is 15.7. The lowest BCUT2D eigenvalue weighted by atomic mass is 9.66. The molecule has 0 atom stereocenters. The van der Waals surface area contributed by atoms with E-state index in [1.54, 1.807) is 0 Å². The Hall–Kier alpha value is -10.2. The molecule has 3 aromatic heterocycles. The zero-order valence-corrected chi connectivity index (χ0v) is 41.0. The summed E-state index contributed by atoms with van der Waals surface area (Å²) >= 11 is 0. The lowest BCUT2D eigenvalue weighted by Crippen LogP contribution is -2.32. The Morgan fingerprint density at radius 2 is 0.842 bits per heavy atom. The number of nitrogens with zero attached hydrogens (tertiary/aromatic N) is 5. The van der Waals surface area contributed by atoms with Gasteiger partial charge in [0, 0.05) is 60.7 Å². The molecule has 6 nitrogen and oxygen atoms in total. The van der Waals surface area contributed by atoms with Crippen LogP contribution in [0.3, 0.4) is 0 Å². The number of benzene rings is 11. The van der Waals surface area contributed by atoms with Crippen LogP contribution in [0.25, 0.3) is 111 Å². The van der Waals surface area contributed by atoms with Crippen molar-refractivity contribution in [2.45, 2.75) is 5.41 Å². The summed E-state index contributed by atoms with van der Waals surface area (Å²) in [6.45, 7) is 0. The second-order valence-electron chi connectivity index (χ2n) is 19.8. The molecule has 16 rings (SSSR count). The van der Waals surface area contributed by atoms with Gasteiger partial charge in [0.05, 0.1) is 27.5 Å². The molecule has 0 saturated carbocycles. The van der Waals surface area contributed by atoms with Crippen molar-refractivity contribution in [3.8, 4) is 79.3 Å². The first-order valence-corrected chi connectivity index (χ1v) is 25.8. The lowest BCUT2D eigenvalue weighted by molar-refractivity contribution is 0.436. The Morgan fingerprint density at radius 3 is 1.53 bits per heavy atom. The van der Waals surface area contributed by atoms with Gasteiger partial charge in [0.1, 0.15) is 11.5 Å². The van der Waals surface area contributed by atoms with Gasteiger partial charge in [-0.2, -0.15) is 0 Å². The lowest BCUT2D eigenvalue weighted by Gasteiger charge is -2.39. The zero-order chi connectivity index (χ0) is 49.9. The second-order valence-corrected chi connectivity index (χ2v) is 19.8. The average molecular weight is 970 g/mol.